The van der Waals surface area contributed by atoms with Gasteiger partial charge in [-0.2, -0.15) is 0 Å². The standard InChI is InChI=1S/C16H26N4O3S/c1-11-12(2)19(8-9-23-5)15(17-11)24-10-6-7-20-13(21)16(3,4)18-14(20)22/h6-10H2,1-5H3,(H,18,22). The molecular formula is C16H26N4O3S. The quantitative estimate of drug-likeness (QED) is 0.439. The molecule has 134 valence electrons. The number of nitrogens with zero attached hydrogens (tertiary/aromatic N) is 3. The highest BCUT2D eigenvalue weighted by Gasteiger charge is 2.43. The summed E-state index contributed by atoms with van der Waals surface area (Å²) < 4.78 is 7.31. The van der Waals surface area contributed by atoms with Gasteiger partial charge in [0.05, 0.1) is 12.3 Å². The number of rotatable bonds is 8. The normalized spacial score (nSPS) is 16.8. The van der Waals surface area contributed by atoms with Gasteiger partial charge in [0, 0.05) is 31.6 Å². The van der Waals surface area contributed by atoms with Gasteiger partial charge < -0.3 is 14.6 Å². The highest BCUT2D eigenvalue weighted by Crippen LogP contribution is 2.23. The van der Waals surface area contributed by atoms with Crippen LogP contribution >= 0.6 is 11.8 Å². The second kappa shape index (κ2) is 7.57. The summed E-state index contributed by atoms with van der Waals surface area (Å²) in [6.45, 7) is 9.34. The van der Waals surface area contributed by atoms with Gasteiger partial charge in [-0.1, -0.05) is 11.8 Å². The molecule has 24 heavy (non-hydrogen) atoms. The van der Waals surface area contributed by atoms with E-state index in [0.717, 1.165) is 35.3 Å². The third kappa shape index (κ3) is 3.92. The van der Waals surface area contributed by atoms with Crippen LogP contribution in [0.4, 0.5) is 4.79 Å². The summed E-state index contributed by atoms with van der Waals surface area (Å²) in [7, 11) is 1.69. The van der Waals surface area contributed by atoms with Crippen molar-refractivity contribution >= 4 is 23.7 Å². The third-order valence-electron chi connectivity index (χ3n) is 4.14. The van der Waals surface area contributed by atoms with Crippen molar-refractivity contribution in [2.45, 2.75) is 51.4 Å². The van der Waals surface area contributed by atoms with E-state index in [-0.39, 0.29) is 11.9 Å². The zero-order valence-electron chi connectivity index (χ0n) is 15.0. The topological polar surface area (TPSA) is 76.5 Å². The van der Waals surface area contributed by atoms with Crippen molar-refractivity contribution in [3.05, 3.63) is 11.4 Å². The van der Waals surface area contributed by atoms with E-state index in [1.807, 2.05) is 6.92 Å². The Morgan fingerprint density at radius 3 is 2.54 bits per heavy atom. The molecule has 8 heteroatoms. The van der Waals surface area contributed by atoms with Gasteiger partial charge in [0.1, 0.15) is 5.54 Å². The number of aryl methyl sites for hydroxylation is 1. The Morgan fingerprint density at radius 1 is 1.25 bits per heavy atom. The van der Waals surface area contributed by atoms with Crippen molar-refractivity contribution in [1.82, 2.24) is 19.8 Å². The van der Waals surface area contributed by atoms with Crippen LogP contribution in [0.25, 0.3) is 0 Å². The monoisotopic (exact) mass is 354 g/mol. The number of ether oxygens (including phenoxy) is 1. The zero-order chi connectivity index (χ0) is 17.9. The number of imide groups is 1. The van der Waals surface area contributed by atoms with E-state index in [4.69, 9.17) is 4.74 Å². The van der Waals surface area contributed by atoms with Crippen LogP contribution in [0.3, 0.4) is 0 Å². The molecule has 0 unspecified atom stereocenters. The Bertz CT molecular complexity index is 627. The summed E-state index contributed by atoms with van der Waals surface area (Å²) in [5, 5.41) is 3.65. The molecule has 1 aromatic heterocycles. The van der Waals surface area contributed by atoms with Gasteiger partial charge in [0.25, 0.3) is 5.91 Å². The molecule has 0 aromatic carbocycles. The van der Waals surface area contributed by atoms with E-state index in [1.165, 1.54) is 4.90 Å². The number of hydrogen-bond donors (Lipinski definition) is 1. The van der Waals surface area contributed by atoms with E-state index in [1.54, 1.807) is 32.7 Å². The molecule has 1 aliphatic rings. The third-order valence-corrected chi connectivity index (χ3v) is 5.21. The molecule has 1 aliphatic heterocycles. The molecule has 1 aromatic rings. The number of urea groups is 1. The maximum atomic E-state index is 12.1. The lowest BCUT2D eigenvalue weighted by Gasteiger charge is -2.15. The van der Waals surface area contributed by atoms with Gasteiger partial charge in [-0.25, -0.2) is 9.78 Å². The van der Waals surface area contributed by atoms with Crippen molar-refractivity contribution in [3.63, 3.8) is 0 Å². The second-order valence-corrected chi connectivity index (χ2v) is 7.49. The van der Waals surface area contributed by atoms with Gasteiger partial charge in [0.2, 0.25) is 0 Å². The van der Waals surface area contributed by atoms with Crippen LogP contribution in [0.2, 0.25) is 0 Å². The fourth-order valence-electron chi connectivity index (χ4n) is 2.59. The fraction of sp³-hybridized carbons (Fsp3) is 0.688. The minimum absolute atomic E-state index is 0.161. The fourth-order valence-corrected chi connectivity index (χ4v) is 3.63. The lowest BCUT2D eigenvalue weighted by molar-refractivity contribution is -0.130. The summed E-state index contributed by atoms with van der Waals surface area (Å²) >= 11 is 1.64. The van der Waals surface area contributed by atoms with Crippen molar-refractivity contribution < 1.29 is 14.3 Å². The number of hydrogen-bond acceptors (Lipinski definition) is 5. The van der Waals surface area contributed by atoms with Crippen LogP contribution in [-0.2, 0) is 16.1 Å². The summed E-state index contributed by atoms with van der Waals surface area (Å²) in [4.78, 5) is 29.9. The molecule has 0 spiro atoms. The molecule has 2 heterocycles. The number of carbonyl (C=O) groups excluding carboxylic acids is 2. The number of thioether (sulfide) groups is 1. The summed E-state index contributed by atoms with van der Waals surface area (Å²) in [6.07, 6.45) is 0.731. The molecule has 1 fully saturated rings. The lowest BCUT2D eigenvalue weighted by atomic mass is 10.1. The molecule has 0 radical (unpaired) electrons. The van der Waals surface area contributed by atoms with Crippen LogP contribution in [0.15, 0.2) is 5.16 Å². The molecule has 0 saturated carbocycles. The molecule has 0 bridgehead atoms. The number of nitrogens with one attached hydrogen (secondary N) is 1. The highest BCUT2D eigenvalue weighted by molar-refractivity contribution is 7.99. The van der Waals surface area contributed by atoms with Crippen LogP contribution in [-0.4, -0.2) is 57.9 Å². The van der Waals surface area contributed by atoms with Crippen molar-refractivity contribution in [3.8, 4) is 0 Å². The summed E-state index contributed by atoms with van der Waals surface area (Å²) in [5.41, 5.74) is 1.37. The first-order chi connectivity index (χ1) is 11.3. The number of carbonyl (C=O) groups is 2. The number of amides is 3. The van der Waals surface area contributed by atoms with Crippen molar-refractivity contribution in [2.75, 3.05) is 26.0 Å². The van der Waals surface area contributed by atoms with Crippen molar-refractivity contribution in [2.24, 2.45) is 0 Å². The first-order valence-corrected chi connectivity index (χ1v) is 9.06. The summed E-state index contributed by atoms with van der Waals surface area (Å²) in [5.74, 6) is 0.631. The second-order valence-electron chi connectivity index (χ2n) is 6.42. The minimum atomic E-state index is -0.797. The van der Waals surface area contributed by atoms with Gasteiger partial charge in [-0.05, 0) is 34.1 Å². The van der Waals surface area contributed by atoms with Crippen LogP contribution in [0.1, 0.15) is 31.7 Å². The maximum absolute atomic E-state index is 12.1. The van der Waals surface area contributed by atoms with Gasteiger partial charge in [0.15, 0.2) is 5.16 Å². The molecule has 0 atom stereocenters. The Balaban J connectivity index is 1.88. The van der Waals surface area contributed by atoms with Gasteiger partial charge >= 0.3 is 6.03 Å². The molecule has 0 aliphatic carbocycles. The Kier molecular flexibility index (Phi) is 5.92. The maximum Gasteiger partial charge on any atom is 0.325 e. The molecule has 2 rings (SSSR count). The Hall–Kier alpha value is -1.54. The predicted octanol–water partition coefficient (Wildman–Crippen LogP) is 1.96. The van der Waals surface area contributed by atoms with Gasteiger partial charge in [-0.3, -0.25) is 9.69 Å². The zero-order valence-corrected chi connectivity index (χ0v) is 15.8. The molecular weight excluding hydrogens is 328 g/mol. The van der Waals surface area contributed by atoms with E-state index >= 15 is 0 Å². The molecule has 1 saturated heterocycles. The number of imidazole rings is 1. The molecule has 7 nitrogen and oxygen atoms in total. The van der Waals surface area contributed by atoms with Crippen LogP contribution in [0, 0.1) is 13.8 Å². The van der Waals surface area contributed by atoms with E-state index in [2.05, 4.69) is 21.8 Å². The summed E-state index contributed by atoms with van der Waals surface area (Å²) in [6, 6.07) is -0.303. The minimum Gasteiger partial charge on any atom is -0.383 e. The van der Waals surface area contributed by atoms with Crippen LogP contribution in [0.5, 0.6) is 0 Å². The average molecular weight is 354 g/mol. The van der Waals surface area contributed by atoms with E-state index < -0.39 is 5.54 Å². The largest absolute Gasteiger partial charge is 0.383 e. The van der Waals surface area contributed by atoms with E-state index in [0.29, 0.717) is 13.2 Å². The van der Waals surface area contributed by atoms with Gasteiger partial charge in [-0.15, -0.1) is 0 Å². The highest BCUT2D eigenvalue weighted by atomic mass is 32.2. The lowest BCUT2D eigenvalue weighted by Crippen LogP contribution is -2.40. The SMILES string of the molecule is COCCn1c(SCCCN2C(=O)NC(C)(C)C2=O)nc(C)c1C. The number of aromatic nitrogens is 2. The Labute approximate surface area is 147 Å². The molecule has 1 N–H and O–H groups in total. The average Bonchev–Trinajstić information content (AvgIpc) is 2.88. The Morgan fingerprint density at radius 2 is 1.96 bits per heavy atom. The first kappa shape index (κ1) is 18.8. The smallest absolute Gasteiger partial charge is 0.325 e. The molecule has 3 amide bonds. The first-order valence-electron chi connectivity index (χ1n) is 8.07. The van der Waals surface area contributed by atoms with E-state index in [9.17, 15) is 9.59 Å². The number of methoxy groups -OCH3 is 1. The predicted molar refractivity (Wildman–Crippen MR) is 93.2 cm³/mol. The van der Waals surface area contributed by atoms with Crippen LogP contribution < -0.4 is 5.32 Å². The van der Waals surface area contributed by atoms with Crippen molar-refractivity contribution in [1.29, 1.82) is 0 Å².